The van der Waals surface area contributed by atoms with E-state index in [1.165, 1.54) is 10.4 Å². The van der Waals surface area contributed by atoms with Gasteiger partial charge >= 0.3 is 0 Å². The second-order valence-electron chi connectivity index (χ2n) is 4.20. The SMILES string of the molecule is C=C[Si](C#CCO)(c1ccccc1)c1ccccc1. The minimum Gasteiger partial charge on any atom is -0.384 e. The van der Waals surface area contributed by atoms with Crippen molar-refractivity contribution in [2.75, 3.05) is 6.61 Å². The maximum absolute atomic E-state index is 9.03. The highest BCUT2D eigenvalue weighted by atomic mass is 28.3. The molecule has 0 aliphatic rings. The van der Waals surface area contributed by atoms with Crippen LogP contribution in [0.2, 0.25) is 0 Å². The van der Waals surface area contributed by atoms with Crippen molar-refractivity contribution in [2.24, 2.45) is 0 Å². The summed E-state index contributed by atoms with van der Waals surface area (Å²) in [5.74, 6) is 2.83. The molecule has 0 amide bonds. The molecule has 19 heavy (non-hydrogen) atoms. The molecular weight excluding hydrogens is 248 g/mol. The van der Waals surface area contributed by atoms with Gasteiger partial charge in [-0.25, -0.2) is 0 Å². The molecule has 0 fully saturated rings. The molecule has 0 atom stereocenters. The van der Waals surface area contributed by atoms with Crippen LogP contribution in [0.5, 0.6) is 0 Å². The second-order valence-corrected chi connectivity index (χ2v) is 7.63. The number of hydrogen-bond donors (Lipinski definition) is 1. The highest BCUT2D eigenvalue weighted by molar-refractivity contribution is 7.11. The molecule has 0 unspecified atom stereocenters. The Balaban J connectivity index is 2.65. The van der Waals surface area contributed by atoms with Gasteiger partial charge in [0.2, 0.25) is 8.07 Å². The van der Waals surface area contributed by atoms with Crippen molar-refractivity contribution in [1.82, 2.24) is 0 Å². The quantitative estimate of drug-likeness (QED) is 0.658. The van der Waals surface area contributed by atoms with E-state index in [0.717, 1.165) is 0 Å². The van der Waals surface area contributed by atoms with Crippen LogP contribution in [0.25, 0.3) is 0 Å². The Bertz CT molecular complexity index is 554. The lowest BCUT2D eigenvalue weighted by Crippen LogP contribution is -2.56. The fourth-order valence-corrected chi connectivity index (χ4v) is 5.17. The number of aliphatic hydroxyl groups excluding tert-OH is 1. The molecule has 0 radical (unpaired) electrons. The molecule has 0 spiro atoms. The van der Waals surface area contributed by atoms with Gasteiger partial charge in [-0.1, -0.05) is 72.3 Å². The fraction of sp³-hybridized carbons (Fsp3) is 0.0588. The highest BCUT2D eigenvalue weighted by Gasteiger charge is 2.32. The first-order valence-corrected chi connectivity index (χ1v) is 8.27. The van der Waals surface area contributed by atoms with E-state index >= 15 is 0 Å². The molecule has 0 aromatic heterocycles. The van der Waals surface area contributed by atoms with Gasteiger partial charge in [0.1, 0.15) is 6.61 Å². The molecule has 2 heteroatoms. The van der Waals surface area contributed by atoms with Gasteiger partial charge in [0.25, 0.3) is 0 Å². The highest BCUT2D eigenvalue weighted by Crippen LogP contribution is 2.06. The average Bonchev–Trinajstić information content (AvgIpc) is 2.51. The smallest absolute Gasteiger partial charge is 0.222 e. The Morgan fingerprint density at radius 1 is 0.947 bits per heavy atom. The molecule has 1 nitrogen and oxygen atoms in total. The Morgan fingerprint density at radius 3 is 1.79 bits per heavy atom. The van der Waals surface area contributed by atoms with E-state index in [9.17, 15) is 0 Å². The van der Waals surface area contributed by atoms with E-state index in [0.29, 0.717) is 0 Å². The van der Waals surface area contributed by atoms with Gasteiger partial charge in [-0.2, -0.15) is 0 Å². The summed E-state index contributed by atoms with van der Waals surface area (Å²) in [6, 6.07) is 20.4. The van der Waals surface area contributed by atoms with Crippen molar-refractivity contribution in [3.8, 4) is 11.5 Å². The molecule has 1 N–H and O–H groups in total. The summed E-state index contributed by atoms with van der Waals surface area (Å²) < 4.78 is 0. The van der Waals surface area contributed by atoms with Crippen LogP contribution in [0.4, 0.5) is 0 Å². The molecule has 0 saturated heterocycles. The largest absolute Gasteiger partial charge is 0.384 e. The normalized spacial score (nSPS) is 10.4. The Morgan fingerprint density at radius 2 is 1.42 bits per heavy atom. The fourth-order valence-electron chi connectivity index (χ4n) is 2.18. The maximum Gasteiger partial charge on any atom is 0.222 e. The topological polar surface area (TPSA) is 20.2 Å². The second kappa shape index (κ2) is 6.19. The van der Waals surface area contributed by atoms with Crippen molar-refractivity contribution < 1.29 is 5.11 Å². The van der Waals surface area contributed by atoms with E-state index in [-0.39, 0.29) is 6.61 Å². The molecule has 2 aromatic rings. The lowest BCUT2D eigenvalue weighted by atomic mass is 10.4. The van der Waals surface area contributed by atoms with Crippen molar-refractivity contribution in [3.05, 3.63) is 72.9 Å². The van der Waals surface area contributed by atoms with Gasteiger partial charge in [-0.3, -0.25) is 0 Å². The zero-order valence-corrected chi connectivity index (χ0v) is 11.7. The summed E-state index contributed by atoms with van der Waals surface area (Å²) in [7, 11) is -2.30. The molecule has 0 heterocycles. The van der Waals surface area contributed by atoms with Crippen molar-refractivity contribution in [3.63, 3.8) is 0 Å². The van der Waals surface area contributed by atoms with Crippen molar-refractivity contribution in [1.29, 1.82) is 0 Å². The van der Waals surface area contributed by atoms with E-state index in [1.54, 1.807) is 0 Å². The molecule has 94 valence electrons. The first-order valence-electron chi connectivity index (χ1n) is 6.19. The zero-order valence-electron chi connectivity index (χ0n) is 10.7. The molecule has 2 aromatic carbocycles. The molecule has 0 aliphatic carbocycles. The summed E-state index contributed by atoms with van der Waals surface area (Å²) in [6.07, 6.45) is 0. The predicted molar refractivity (Wildman–Crippen MR) is 83.0 cm³/mol. The van der Waals surface area contributed by atoms with Gasteiger partial charge in [0.05, 0.1) is 0 Å². The zero-order chi connectivity index (χ0) is 13.6. The van der Waals surface area contributed by atoms with Crippen molar-refractivity contribution in [2.45, 2.75) is 0 Å². The Labute approximate surface area is 115 Å². The van der Waals surface area contributed by atoms with Crippen LogP contribution in [0, 0.1) is 11.5 Å². The van der Waals surface area contributed by atoms with Gasteiger partial charge in [0, 0.05) is 0 Å². The summed E-state index contributed by atoms with van der Waals surface area (Å²) in [5, 5.41) is 11.4. The summed E-state index contributed by atoms with van der Waals surface area (Å²) in [6.45, 7) is 3.89. The van der Waals surface area contributed by atoms with Crippen LogP contribution in [-0.4, -0.2) is 19.8 Å². The lowest BCUT2D eigenvalue weighted by molar-refractivity contribution is 0.350. The molecule has 2 rings (SSSR count). The third-order valence-corrected chi connectivity index (χ3v) is 6.80. The minimum absolute atomic E-state index is 0.123. The van der Waals surface area contributed by atoms with Crippen LogP contribution >= 0.6 is 0 Å². The van der Waals surface area contributed by atoms with Crippen LogP contribution in [-0.2, 0) is 0 Å². The van der Waals surface area contributed by atoms with E-state index in [1.807, 2.05) is 42.1 Å². The minimum atomic E-state index is -2.30. The third kappa shape index (κ3) is 2.68. The monoisotopic (exact) mass is 264 g/mol. The Hall–Kier alpha value is -2.08. The number of hydrogen-bond acceptors (Lipinski definition) is 1. The number of aliphatic hydroxyl groups is 1. The van der Waals surface area contributed by atoms with Crippen LogP contribution in [0.3, 0.4) is 0 Å². The van der Waals surface area contributed by atoms with E-state index in [4.69, 9.17) is 5.11 Å². The molecule has 0 saturated carbocycles. The van der Waals surface area contributed by atoms with Gasteiger partial charge < -0.3 is 5.11 Å². The van der Waals surface area contributed by atoms with Crippen LogP contribution in [0.15, 0.2) is 72.9 Å². The summed E-state index contributed by atoms with van der Waals surface area (Å²) in [5.41, 5.74) is 5.26. The summed E-state index contributed by atoms with van der Waals surface area (Å²) in [4.78, 5) is 0. The predicted octanol–water partition coefficient (Wildman–Crippen LogP) is 1.51. The first-order chi connectivity index (χ1) is 9.33. The summed E-state index contributed by atoms with van der Waals surface area (Å²) >= 11 is 0. The van der Waals surface area contributed by atoms with Crippen molar-refractivity contribution >= 4 is 18.4 Å². The van der Waals surface area contributed by atoms with E-state index in [2.05, 4.69) is 42.3 Å². The third-order valence-electron chi connectivity index (χ3n) is 3.13. The van der Waals surface area contributed by atoms with Gasteiger partial charge in [0.15, 0.2) is 0 Å². The molecule has 0 bridgehead atoms. The van der Waals surface area contributed by atoms with Crippen LogP contribution in [0.1, 0.15) is 0 Å². The maximum atomic E-state index is 9.03. The average molecular weight is 264 g/mol. The lowest BCUT2D eigenvalue weighted by Gasteiger charge is -2.23. The first kappa shape index (κ1) is 13.4. The van der Waals surface area contributed by atoms with Crippen LogP contribution < -0.4 is 10.4 Å². The van der Waals surface area contributed by atoms with Gasteiger partial charge in [-0.15, -0.1) is 12.1 Å². The number of benzene rings is 2. The standard InChI is InChI=1S/C17H16OSi/c1-2-19(15-9-14-18,16-10-5-3-6-11-16)17-12-7-4-8-13-17/h2-8,10-13,18H,1,14H2. The molecule has 0 aliphatic heterocycles. The Kier molecular flexibility index (Phi) is 4.35. The van der Waals surface area contributed by atoms with E-state index < -0.39 is 8.07 Å². The number of rotatable bonds is 3. The molecular formula is C17H16OSi. The van der Waals surface area contributed by atoms with Gasteiger partial charge in [-0.05, 0) is 10.4 Å².